The molecule has 0 atom stereocenters. The van der Waals surface area contributed by atoms with Gasteiger partial charge in [-0.25, -0.2) is 0 Å². The summed E-state index contributed by atoms with van der Waals surface area (Å²) in [6.07, 6.45) is 0. The molecule has 0 aliphatic heterocycles. The molecule has 0 fully saturated rings. The Morgan fingerprint density at radius 1 is 1.29 bits per heavy atom. The van der Waals surface area contributed by atoms with E-state index in [-0.39, 0.29) is 18.4 Å². The van der Waals surface area contributed by atoms with Crippen LogP contribution in [-0.4, -0.2) is 24.9 Å². The molecule has 4 N–H and O–H groups in total. The Hall–Kier alpha value is -1.88. The molecule has 5 nitrogen and oxygen atoms in total. The third kappa shape index (κ3) is 4.24. The molecule has 0 radical (unpaired) electrons. The van der Waals surface area contributed by atoms with Crippen LogP contribution in [0.2, 0.25) is 0 Å². The summed E-state index contributed by atoms with van der Waals surface area (Å²) >= 11 is 0. The molecular formula is C12H17N3O2. The standard InChI is InChI=1S/C12H17N3O2/c1-2-14-12(17)10-5-3-4-9(6-10)8-15-11(16)7-13/h3-6H,2,7-8,13H2,1H3,(H,14,17)(H,15,16). The van der Waals surface area contributed by atoms with Gasteiger partial charge < -0.3 is 16.4 Å². The largest absolute Gasteiger partial charge is 0.352 e. The van der Waals surface area contributed by atoms with Gasteiger partial charge in [0.05, 0.1) is 6.54 Å². The van der Waals surface area contributed by atoms with Gasteiger partial charge in [-0.3, -0.25) is 9.59 Å². The highest BCUT2D eigenvalue weighted by molar-refractivity contribution is 5.94. The molecule has 0 unspecified atom stereocenters. The maximum Gasteiger partial charge on any atom is 0.251 e. The zero-order valence-electron chi connectivity index (χ0n) is 9.82. The third-order valence-corrected chi connectivity index (χ3v) is 2.20. The van der Waals surface area contributed by atoms with E-state index in [1.165, 1.54) is 0 Å². The monoisotopic (exact) mass is 235 g/mol. The summed E-state index contributed by atoms with van der Waals surface area (Å²) in [6, 6.07) is 7.12. The van der Waals surface area contributed by atoms with Crippen LogP contribution in [0.25, 0.3) is 0 Å². The predicted octanol–water partition coefficient (Wildman–Crippen LogP) is 0.0112. The lowest BCUT2D eigenvalue weighted by atomic mass is 10.1. The lowest BCUT2D eigenvalue weighted by molar-refractivity contribution is -0.119. The molecule has 1 aromatic rings. The summed E-state index contributed by atoms with van der Waals surface area (Å²) in [5.41, 5.74) is 6.64. The molecule has 92 valence electrons. The minimum Gasteiger partial charge on any atom is -0.352 e. The molecule has 2 amide bonds. The Morgan fingerprint density at radius 3 is 2.71 bits per heavy atom. The first-order valence-corrected chi connectivity index (χ1v) is 5.51. The minimum absolute atomic E-state index is 0.0317. The van der Waals surface area contributed by atoms with Gasteiger partial charge in [-0.15, -0.1) is 0 Å². The first-order chi connectivity index (χ1) is 8.17. The van der Waals surface area contributed by atoms with E-state index in [0.29, 0.717) is 18.7 Å². The number of amides is 2. The van der Waals surface area contributed by atoms with Crippen LogP contribution in [0.3, 0.4) is 0 Å². The van der Waals surface area contributed by atoms with E-state index in [1.54, 1.807) is 18.2 Å². The molecule has 0 spiro atoms. The molecule has 0 aromatic heterocycles. The molecule has 1 rings (SSSR count). The van der Waals surface area contributed by atoms with E-state index in [9.17, 15) is 9.59 Å². The number of nitrogens with one attached hydrogen (secondary N) is 2. The van der Waals surface area contributed by atoms with E-state index in [0.717, 1.165) is 5.56 Å². The second kappa shape index (κ2) is 6.65. The molecule has 17 heavy (non-hydrogen) atoms. The van der Waals surface area contributed by atoms with Crippen molar-refractivity contribution in [1.82, 2.24) is 10.6 Å². The third-order valence-electron chi connectivity index (χ3n) is 2.20. The quantitative estimate of drug-likeness (QED) is 0.672. The summed E-state index contributed by atoms with van der Waals surface area (Å²) < 4.78 is 0. The van der Waals surface area contributed by atoms with Crippen LogP contribution in [0.4, 0.5) is 0 Å². The van der Waals surface area contributed by atoms with Crippen LogP contribution < -0.4 is 16.4 Å². The van der Waals surface area contributed by atoms with Crippen LogP contribution in [0.15, 0.2) is 24.3 Å². The highest BCUT2D eigenvalue weighted by Gasteiger charge is 2.05. The van der Waals surface area contributed by atoms with E-state index in [2.05, 4.69) is 10.6 Å². The Bertz CT molecular complexity index is 404. The molecule has 1 aromatic carbocycles. The second-order valence-corrected chi connectivity index (χ2v) is 3.54. The average molecular weight is 235 g/mol. The Labute approximate surface area is 100 Å². The number of benzene rings is 1. The van der Waals surface area contributed by atoms with Crippen LogP contribution in [0.1, 0.15) is 22.8 Å². The van der Waals surface area contributed by atoms with E-state index in [1.807, 2.05) is 13.0 Å². The summed E-state index contributed by atoms with van der Waals surface area (Å²) in [5.74, 6) is -0.326. The molecule has 0 saturated heterocycles. The lowest BCUT2D eigenvalue weighted by Crippen LogP contribution is -2.29. The van der Waals surface area contributed by atoms with Crippen LogP contribution in [0, 0.1) is 0 Å². The normalized spacial score (nSPS) is 9.76. The minimum atomic E-state index is -0.214. The fraction of sp³-hybridized carbons (Fsp3) is 0.333. The summed E-state index contributed by atoms with van der Waals surface area (Å²) in [6.45, 7) is 2.80. The molecule has 0 heterocycles. The van der Waals surface area contributed by atoms with E-state index in [4.69, 9.17) is 5.73 Å². The van der Waals surface area contributed by atoms with E-state index >= 15 is 0 Å². The van der Waals surface area contributed by atoms with Gasteiger partial charge in [0.25, 0.3) is 5.91 Å². The van der Waals surface area contributed by atoms with Crippen molar-refractivity contribution in [2.24, 2.45) is 5.73 Å². The average Bonchev–Trinajstić information content (AvgIpc) is 2.36. The number of carbonyl (C=O) groups is 2. The highest BCUT2D eigenvalue weighted by atomic mass is 16.2. The van der Waals surface area contributed by atoms with Gasteiger partial charge in [-0.05, 0) is 24.6 Å². The van der Waals surface area contributed by atoms with Gasteiger partial charge in [-0.1, -0.05) is 12.1 Å². The van der Waals surface area contributed by atoms with Gasteiger partial charge in [0.1, 0.15) is 0 Å². The van der Waals surface area contributed by atoms with Gasteiger partial charge in [0.2, 0.25) is 5.91 Å². The maximum atomic E-state index is 11.6. The lowest BCUT2D eigenvalue weighted by Gasteiger charge is -2.06. The fourth-order valence-electron chi connectivity index (χ4n) is 1.36. The van der Waals surface area contributed by atoms with Crippen molar-refractivity contribution < 1.29 is 9.59 Å². The first kappa shape index (κ1) is 13.2. The fourth-order valence-corrected chi connectivity index (χ4v) is 1.36. The topological polar surface area (TPSA) is 84.2 Å². The van der Waals surface area contributed by atoms with Gasteiger partial charge in [0, 0.05) is 18.7 Å². The highest BCUT2D eigenvalue weighted by Crippen LogP contribution is 2.05. The van der Waals surface area contributed by atoms with Crippen molar-refractivity contribution in [2.45, 2.75) is 13.5 Å². The summed E-state index contributed by atoms with van der Waals surface area (Å²) in [5, 5.41) is 5.37. The Morgan fingerprint density at radius 2 is 2.06 bits per heavy atom. The zero-order valence-corrected chi connectivity index (χ0v) is 9.82. The molecule has 5 heteroatoms. The SMILES string of the molecule is CCNC(=O)c1cccc(CNC(=O)CN)c1. The van der Waals surface area contributed by atoms with Crippen molar-refractivity contribution in [3.63, 3.8) is 0 Å². The van der Waals surface area contributed by atoms with Crippen molar-refractivity contribution >= 4 is 11.8 Å². The Kier molecular flexibility index (Phi) is 5.16. The van der Waals surface area contributed by atoms with Crippen molar-refractivity contribution in [3.05, 3.63) is 35.4 Å². The van der Waals surface area contributed by atoms with Crippen LogP contribution in [0.5, 0.6) is 0 Å². The number of hydrogen-bond acceptors (Lipinski definition) is 3. The van der Waals surface area contributed by atoms with Crippen molar-refractivity contribution in [3.8, 4) is 0 Å². The smallest absolute Gasteiger partial charge is 0.251 e. The van der Waals surface area contributed by atoms with Crippen LogP contribution in [-0.2, 0) is 11.3 Å². The van der Waals surface area contributed by atoms with E-state index < -0.39 is 0 Å². The summed E-state index contributed by atoms with van der Waals surface area (Å²) in [7, 11) is 0. The molecule has 0 saturated carbocycles. The zero-order chi connectivity index (χ0) is 12.7. The van der Waals surface area contributed by atoms with Gasteiger partial charge >= 0.3 is 0 Å². The Balaban J connectivity index is 2.65. The molecule has 0 aliphatic rings. The molecule has 0 bridgehead atoms. The number of rotatable bonds is 5. The number of hydrogen-bond donors (Lipinski definition) is 3. The van der Waals surface area contributed by atoms with Crippen molar-refractivity contribution in [2.75, 3.05) is 13.1 Å². The number of nitrogens with two attached hydrogens (primary N) is 1. The second-order valence-electron chi connectivity index (χ2n) is 3.54. The first-order valence-electron chi connectivity index (χ1n) is 5.51. The summed E-state index contributed by atoms with van der Waals surface area (Å²) in [4.78, 5) is 22.6. The van der Waals surface area contributed by atoms with Crippen LogP contribution >= 0.6 is 0 Å². The molecule has 0 aliphatic carbocycles. The maximum absolute atomic E-state index is 11.6. The van der Waals surface area contributed by atoms with Gasteiger partial charge in [-0.2, -0.15) is 0 Å². The molecular weight excluding hydrogens is 218 g/mol. The predicted molar refractivity (Wildman–Crippen MR) is 65.4 cm³/mol. The van der Waals surface area contributed by atoms with Gasteiger partial charge in [0.15, 0.2) is 0 Å². The van der Waals surface area contributed by atoms with Crippen molar-refractivity contribution in [1.29, 1.82) is 0 Å². The number of carbonyl (C=O) groups excluding carboxylic acids is 2.